The summed E-state index contributed by atoms with van der Waals surface area (Å²) in [7, 11) is 1.78. The number of hydrogen-bond donors (Lipinski definition) is 0. The Morgan fingerprint density at radius 2 is 2.11 bits per heavy atom. The number of aromatic nitrogens is 3. The van der Waals surface area contributed by atoms with Gasteiger partial charge in [-0.25, -0.2) is 4.98 Å². The fraction of sp³-hybridized carbons (Fsp3) is 0.636. The Labute approximate surface area is 105 Å². The first-order valence-electron chi connectivity index (χ1n) is 5.64. The predicted octanol–water partition coefficient (Wildman–Crippen LogP) is 0.162. The lowest BCUT2D eigenvalue weighted by molar-refractivity contribution is -0.146. The quantitative estimate of drug-likeness (QED) is 0.510. The molecule has 1 rings (SSSR count). The molecule has 0 bridgehead atoms. The van der Waals surface area contributed by atoms with Gasteiger partial charge < -0.3 is 9.47 Å². The molecule has 0 saturated heterocycles. The standard InChI is InChI=1S/C11H17N3O4/c1-4-18-11(16)5-9(15)6-17-7-10-12-8(2)14(3)13-10/h4-7H2,1-3H3. The number of carbonyl (C=O) groups excluding carboxylic acids is 2. The van der Waals surface area contributed by atoms with Crippen molar-refractivity contribution in [3.05, 3.63) is 11.6 Å². The molecule has 1 aromatic heterocycles. The topological polar surface area (TPSA) is 83.3 Å². The molecule has 0 fully saturated rings. The molecular weight excluding hydrogens is 238 g/mol. The van der Waals surface area contributed by atoms with E-state index in [0.29, 0.717) is 5.82 Å². The summed E-state index contributed by atoms with van der Waals surface area (Å²) in [6, 6.07) is 0. The van der Waals surface area contributed by atoms with Crippen molar-refractivity contribution in [1.29, 1.82) is 0 Å². The fourth-order valence-electron chi connectivity index (χ4n) is 1.27. The van der Waals surface area contributed by atoms with Crippen LogP contribution in [0.1, 0.15) is 25.0 Å². The maximum absolute atomic E-state index is 11.3. The van der Waals surface area contributed by atoms with Crippen LogP contribution in [0.5, 0.6) is 0 Å². The largest absolute Gasteiger partial charge is 0.466 e. The van der Waals surface area contributed by atoms with Crippen molar-refractivity contribution in [2.45, 2.75) is 26.9 Å². The number of esters is 1. The lowest BCUT2D eigenvalue weighted by Crippen LogP contribution is -2.16. The summed E-state index contributed by atoms with van der Waals surface area (Å²) in [5.41, 5.74) is 0. The van der Waals surface area contributed by atoms with Crippen LogP contribution in [0.4, 0.5) is 0 Å². The molecule has 1 heterocycles. The number of ketones is 1. The van der Waals surface area contributed by atoms with Gasteiger partial charge in [0.25, 0.3) is 0 Å². The minimum Gasteiger partial charge on any atom is -0.466 e. The molecule has 100 valence electrons. The third kappa shape index (κ3) is 4.62. The monoisotopic (exact) mass is 255 g/mol. The third-order valence-corrected chi connectivity index (χ3v) is 2.17. The van der Waals surface area contributed by atoms with Crippen molar-refractivity contribution in [1.82, 2.24) is 14.8 Å². The van der Waals surface area contributed by atoms with Crippen LogP contribution in [-0.2, 0) is 32.7 Å². The Bertz CT molecular complexity index is 408. The molecule has 0 radical (unpaired) electrons. The molecule has 1 aromatic rings. The summed E-state index contributed by atoms with van der Waals surface area (Å²) >= 11 is 0. The van der Waals surface area contributed by atoms with Gasteiger partial charge in [0, 0.05) is 7.05 Å². The first kappa shape index (κ1) is 14.3. The van der Waals surface area contributed by atoms with Gasteiger partial charge in [0.05, 0.1) is 6.61 Å². The summed E-state index contributed by atoms with van der Waals surface area (Å²) in [4.78, 5) is 26.4. The van der Waals surface area contributed by atoms with Crippen LogP contribution in [0.25, 0.3) is 0 Å². The van der Waals surface area contributed by atoms with Crippen LogP contribution in [0.15, 0.2) is 0 Å². The summed E-state index contributed by atoms with van der Waals surface area (Å²) < 4.78 is 11.4. The number of rotatable bonds is 7. The number of carbonyl (C=O) groups is 2. The van der Waals surface area contributed by atoms with E-state index >= 15 is 0 Å². The second-order valence-corrected chi connectivity index (χ2v) is 3.71. The predicted molar refractivity (Wildman–Crippen MR) is 61.7 cm³/mol. The molecule has 0 unspecified atom stereocenters. The molecule has 7 heteroatoms. The molecule has 0 aromatic carbocycles. The SMILES string of the molecule is CCOC(=O)CC(=O)COCc1nc(C)n(C)n1. The van der Waals surface area contributed by atoms with Gasteiger partial charge in [-0.2, -0.15) is 5.10 Å². The maximum Gasteiger partial charge on any atom is 0.313 e. The van der Waals surface area contributed by atoms with Crippen LogP contribution in [0.3, 0.4) is 0 Å². The van der Waals surface area contributed by atoms with Gasteiger partial charge in [0.15, 0.2) is 11.6 Å². The average Bonchev–Trinajstić information content (AvgIpc) is 2.58. The number of hydrogen-bond acceptors (Lipinski definition) is 6. The lowest BCUT2D eigenvalue weighted by atomic mass is 10.3. The molecule has 0 N–H and O–H groups in total. The van der Waals surface area contributed by atoms with Gasteiger partial charge in [0.1, 0.15) is 25.5 Å². The van der Waals surface area contributed by atoms with Crippen molar-refractivity contribution in [3.63, 3.8) is 0 Å². The van der Waals surface area contributed by atoms with Gasteiger partial charge >= 0.3 is 5.97 Å². The van der Waals surface area contributed by atoms with E-state index in [4.69, 9.17) is 4.74 Å². The third-order valence-electron chi connectivity index (χ3n) is 2.17. The van der Waals surface area contributed by atoms with Crippen molar-refractivity contribution < 1.29 is 19.1 Å². The van der Waals surface area contributed by atoms with E-state index in [9.17, 15) is 9.59 Å². The van der Waals surface area contributed by atoms with Crippen molar-refractivity contribution in [2.75, 3.05) is 13.2 Å². The van der Waals surface area contributed by atoms with Crippen LogP contribution >= 0.6 is 0 Å². The first-order valence-corrected chi connectivity index (χ1v) is 5.64. The van der Waals surface area contributed by atoms with E-state index < -0.39 is 5.97 Å². The van der Waals surface area contributed by atoms with E-state index in [-0.39, 0.29) is 32.0 Å². The summed E-state index contributed by atoms with van der Waals surface area (Å²) in [5, 5.41) is 4.08. The van der Waals surface area contributed by atoms with E-state index in [0.717, 1.165) is 5.82 Å². The Hall–Kier alpha value is -1.76. The Morgan fingerprint density at radius 3 is 2.67 bits per heavy atom. The molecule has 0 aliphatic carbocycles. The summed E-state index contributed by atoms with van der Waals surface area (Å²) in [5.74, 6) is 0.435. The Morgan fingerprint density at radius 1 is 1.39 bits per heavy atom. The zero-order chi connectivity index (χ0) is 13.5. The highest BCUT2D eigenvalue weighted by Gasteiger charge is 2.11. The van der Waals surface area contributed by atoms with E-state index in [1.54, 1.807) is 18.7 Å². The minimum atomic E-state index is -0.530. The highest BCUT2D eigenvalue weighted by atomic mass is 16.5. The Balaban J connectivity index is 2.25. The Kier molecular flexibility index (Phi) is 5.44. The second-order valence-electron chi connectivity index (χ2n) is 3.71. The smallest absolute Gasteiger partial charge is 0.313 e. The van der Waals surface area contributed by atoms with E-state index in [2.05, 4.69) is 14.8 Å². The number of Topliss-reactive ketones (excluding diaryl/α,β-unsaturated/α-hetero) is 1. The molecule has 18 heavy (non-hydrogen) atoms. The minimum absolute atomic E-state index is 0.143. The van der Waals surface area contributed by atoms with E-state index in [1.165, 1.54) is 0 Å². The molecule has 0 aliphatic rings. The zero-order valence-electron chi connectivity index (χ0n) is 10.8. The van der Waals surface area contributed by atoms with Crippen molar-refractivity contribution >= 4 is 11.8 Å². The maximum atomic E-state index is 11.3. The van der Waals surface area contributed by atoms with Gasteiger partial charge in [-0.1, -0.05) is 0 Å². The lowest BCUT2D eigenvalue weighted by Gasteiger charge is -2.01. The fourth-order valence-corrected chi connectivity index (χ4v) is 1.27. The number of aryl methyl sites for hydroxylation is 2. The second kappa shape index (κ2) is 6.85. The highest BCUT2D eigenvalue weighted by molar-refractivity contribution is 5.96. The summed E-state index contributed by atoms with van der Waals surface area (Å²) in [6.45, 7) is 3.78. The molecule has 0 aliphatic heterocycles. The average molecular weight is 255 g/mol. The molecule has 0 amide bonds. The van der Waals surface area contributed by atoms with Crippen LogP contribution in [-0.4, -0.2) is 39.7 Å². The highest BCUT2D eigenvalue weighted by Crippen LogP contribution is 1.98. The van der Waals surface area contributed by atoms with Crippen molar-refractivity contribution in [2.24, 2.45) is 7.05 Å². The van der Waals surface area contributed by atoms with Crippen LogP contribution < -0.4 is 0 Å². The summed E-state index contributed by atoms with van der Waals surface area (Å²) in [6.07, 6.45) is -0.261. The van der Waals surface area contributed by atoms with Gasteiger partial charge in [0.2, 0.25) is 0 Å². The zero-order valence-corrected chi connectivity index (χ0v) is 10.8. The normalized spacial score (nSPS) is 10.4. The van der Waals surface area contributed by atoms with Gasteiger partial charge in [-0.3, -0.25) is 14.3 Å². The van der Waals surface area contributed by atoms with Crippen LogP contribution in [0, 0.1) is 6.92 Å². The molecule has 7 nitrogen and oxygen atoms in total. The van der Waals surface area contributed by atoms with E-state index in [1.807, 2.05) is 6.92 Å². The van der Waals surface area contributed by atoms with Gasteiger partial charge in [-0.05, 0) is 13.8 Å². The number of ether oxygens (including phenoxy) is 2. The molecule has 0 atom stereocenters. The molecule has 0 spiro atoms. The first-order chi connectivity index (χ1) is 8.52. The molecular formula is C11H17N3O4. The molecule has 0 saturated carbocycles. The van der Waals surface area contributed by atoms with Crippen LogP contribution in [0.2, 0.25) is 0 Å². The number of nitrogens with zero attached hydrogens (tertiary/aromatic N) is 3. The van der Waals surface area contributed by atoms with Gasteiger partial charge in [-0.15, -0.1) is 0 Å². The van der Waals surface area contributed by atoms with Crippen molar-refractivity contribution in [3.8, 4) is 0 Å².